The fraction of sp³-hybridized carbons (Fsp3) is 0.111. The summed E-state index contributed by atoms with van der Waals surface area (Å²) in [6.07, 6.45) is 1.47. The van der Waals surface area contributed by atoms with E-state index in [9.17, 15) is 13.2 Å². The van der Waals surface area contributed by atoms with Crippen LogP contribution in [0.25, 0.3) is 5.69 Å². The van der Waals surface area contributed by atoms with E-state index < -0.39 is 5.51 Å². The van der Waals surface area contributed by atoms with Crippen molar-refractivity contribution in [3.05, 3.63) is 35.3 Å². The van der Waals surface area contributed by atoms with Crippen LogP contribution in [0.4, 0.5) is 13.2 Å². The molecule has 0 saturated heterocycles. The summed E-state index contributed by atoms with van der Waals surface area (Å²) < 4.78 is 38.2. The van der Waals surface area contributed by atoms with Gasteiger partial charge in [-0.3, -0.25) is 0 Å². The number of alkyl halides is 3. The minimum Gasteiger partial charge on any atom is -0.220 e. The first-order valence-corrected chi connectivity index (χ1v) is 5.98. The quantitative estimate of drug-likeness (QED) is 0.790. The van der Waals surface area contributed by atoms with E-state index in [1.165, 1.54) is 23.1 Å². The SMILES string of the molecule is FC(F)(F)Sc1ccc(-n2cnc(Br)n2)cc1. The highest BCUT2D eigenvalue weighted by molar-refractivity contribution is 9.10. The number of nitrogens with zero attached hydrogens (tertiary/aromatic N) is 3. The van der Waals surface area contributed by atoms with E-state index in [1.807, 2.05) is 0 Å². The van der Waals surface area contributed by atoms with Crippen LogP contribution in [0.2, 0.25) is 0 Å². The minimum absolute atomic E-state index is 0.139. The molecule has 0 aliphatic heterocycles. The molecule has 0 N–H and O–H groups in total. The molecule has 2 rings (SSSR count). The first-order valence-electron chi connectivity index (χ1n) is 4.37. The third kappa shape index (κ3) is 3.47. The molecule has 1 aromatic carbocycles. The highest BCUT2D eigenvalue weighted by Crippen LogP contribution is 2.36. The third-order valence-electron chi connectivity index (χ3n) is 1.80. The molecule has 2 aromatic rings. The van der Waals surface area contributed by atoms with Crippen LogP contribution in [-0.2, 0) is 0 Å². The van der Waals surface area contributed by atoms with Gasteiger partial charge in [-0.05, 0) is 52.0 Å². The predicted octanol–water partition coefficient (Wildman–Crippen LogP) is 3.64. The molecule has 3 nitrogen and oxygen atoms in total. The van der Waals surface area contributed by atoms with Crippen LogP contribution < -0.4 is 0 Å². The van der Waals surface area contributed by atoms with E-state index in [4.69, 9.17) is 0 Å². The Balaban J connectivity index is 2.19. The summed E-state index contributed by atoms with van der Waals surface area (Å²) in [5.41, 5.74) is -3.62. The highest BCUT2D eigenvalue weighted by Gasteiger charge is 2.28. The van der Waals surface area contributed by atoms with Gasteiger partial charge in [0.15, 0.2) is 0 Å². The molecular formula is C9H5BrF3N3S. The lowest BCUT2D eigenvalue weighted by Crippen LogP contribution is -1.99. The van der Waals surface area contributed by atoms with Gasteiger partial charge in [-0.1, -0.05) is 0 Å². The van der Waals surface area contributed by atoms with Gasteiger partial charge in [0.2, 0.25) is 4.73 Å². The fourth-order valence-corrected chi connectivity index (χ4v) is 1.97. The summed E-state index contributed by atoms with van der Waals surface area (Å²) in [5, 5.41) is 3.98. The Morgan fingerprint density at radius 3 is 2.29 bits per heavy atom. The van der Waals surface area contributed by atoms with E-state index >= 15 is 0 Å². The molecule has 17 heavy (non-hydrogen) atoms. The Morgan fingerprint density at radius 2 is 1.82 bits per heavy atom. The summed E-state index contributed by atoms with van der Waals surface area (Å²) >= 11 is 2.94. The first kappa shape index (κ1) is 12.4. The van der Waals surface area contributed by atoms with Crippen LogP contribution in [0.5, 0.6) is 0 Å². The van der Waals surface area contributed by atoms with Crippen LogP contribution in [0, 0.1) is 0 Å². The van der Waals surface area contributed by atoms with Crippen molar-refractivity contribution >= 4 is 27.7 Å². The predicted molar refractivity (Wildman–Crippen MR) is 61.0 cm³/mol. The normalized spacial score (nSPS) is 11.8. The van der Waals surface area contributed by atoms with Crippen molar-refractivity contribution in [2.24, 2.45) is 0 Å². The van der Waals surface area contributed by atoms with Crippen LogP contribution in [0.1, 0.15) is 0 Å². The second-order valence-electron chi connectivity index (χ2n) is 3.00. The number of hydrogen-bond donors (Lipinski definition) is 0. The average molecular weight is 324 g/mol. The lowest BCUT2D eigenvalue weighted by molar-refractivity contribution is -0.0328. The lowest BCUT2D eigenvalue weighted by Gasteiger charge is -2.06. The summed E-state index contributed by atoms with van der Waals surface area (Å²) in [6.45, 7) is 0. The maximum Gasteiger partial charge on any atom is 0.446 e. The topological polar surface area (TPSA) is 30.7 Å². The monoisotopic (exact) mass is 323 g/mol. The molecule has 90 valence electrons. The summed E-state index contributed by atoms with van der Waals surface area (Å²) in [7, 11) is 0. The van der Waals surface area contributed by atoms with Crippen LogP contribution in [0.3, 0.4) is 0 Å². The van der Waals surface area contributed by atoms with Crippen LogP contribution in [0.15, 0.2) is 40.2 Å². The number of hydrogen-bond acceptors (Lipinski definition) is 3. The number of aromatic nitrogens is 3. The average Bonchev–Trinajstić information content (AvgIpc) is 2.63. The van der Waals surface area contributed by atoms with Gasteiger partial charge in [-0.2, -0.15) is 13.2 Å². The van der Waals surface area contributed by atoms with Crippen molar-refractivity contribution in [2.45, 2.75) is 10.4 Å². The van der Waals surface area contributed by atoms with Gasteiger partial charge in [0.05, 0.1) is 5.69 Å². The van der Waals surface area contributed by atoms with Crippen molar-refractivity contribution < 1.29 is 13.2 Å². The second-order valence-corrected chi connectivity index (χ2v) is 4.85. The minimum atomic E-state index is -4.27. The number of thioether (sulfide) groups is 1. The standard InChI is InChI=1S/C9H5BrF3N3S/c10-8-14-5-16(15-8)6-1-3-7(4-2-6)17-9(11,12)13/h1-5H. The fourth-order valence-electron chi connectivity index (χ4n) is 1.17. The summed E-state index contributed by atoms with van der Waals surface area (Å²) in [6, 6.07) is 5.89. The molecule has 0 aliphatic rings. The van der Waals surface area contributed by atoms with E-state index in [1.54, 1.807) is 12.1 Å². The van der Waals surface area contributed by atoms with Gasteiger partial charge in [0.1, 0.15) is 6.33 Å². The van der Waals surface area contributed by atoms with Gasteiger partial charge >= 0.3 is 5.51 Å². The van der Waals surface area contributed by atoms with E-state index in [0.29, 0.717) is 10.4 Å². The highest BCUT2D eigenvalue weighted by atomic mass is 79.9. The molecular weight excluding hydrogens is 319 g/mol. The zero-order valence-electron chi connectivity index (χ0n) is 8.15. The third-order valence-corrected chi connectivity index (χ3v) is 2.90. The van der Waals surface area contributed by atoms with Gasteiger partial charge in [0.25, 0.3) is 0 Å². The van der Waals surface area contributed by atoms with Gasteiger partial charge in [0, 0.05) is 4.90 Å². The van der Waals surface area contributed by atoms with Crippen LogP contribution in [-0.4, -0.2) is 20.3 Å². The molecule has 0 saturated carbocycles. The molecule has 0 aliphatic carbocycles. The van der Waals surface area contributed by atoms with Gasteiger partial charge in [-0.15, -0.1) is 5.10 Å². The van der Waals surface area contributed by atoms with Crippen molar-refractivity contribution in [2.75, 3.05) is 0 Å². The molecule has 0 atom stereocenters. The van der Waals surface area contributed by atoms with Crippen molar-refractivity contribution in [1.29, 1.82) is 0 Å². The zero-order chi connectivity index (χ0) is 12.5. The lowest BCUT2D eigenvalue weighted by atomic mass is 10.3. The molecule has 0 fully saturated rings. The molecule has 0 unspecified atom stereocenters. The molecule has 0 radical (unpaired) electrons. The Labute approximate surface area is 107 Å². The maximum atomic E-state index is 12.1. The zero-order valence-corrected chi connectivity index (χ0v) is 10.6. The summed E-state index contributed by atoms with van der Waals surface area (Å²) in [5.74, 6) is 0. The van der Waals surface area contributed by atoms with Crippen molar-refractivity contribution in [3.8, 4) is 5.69 Å². The molecule has 8 heteroatoms. The molecule has 0 bridgehead atoms. The number of rotatable bonds is 2. The van der Waals surface area contributed by atoms with Gasteiger partial charge in [-0.25, -0.2) is 9.67 Å². The van der Waals surface area contributed by atoms with Gasteiger partial charge < -0.3 is 0 Å². The molecule has 1 heterocycles. The smallest absolute Gasteiger partial charge is 0.220 e. The second kappa shape index (κ2) is 4.69. The van der Waals surface area contributed by atoms with Crippen molar-refractivity contribution in [1.82, 2.24) is 14.8 Å². The molecule has 0 amide bonds. The Bertz CT molecular complexity index is 509. The first-order chi connectivity index (χ1) is 7.94. The number of benzene rings is 1. The maximum absolute atomic E-state index is 12.1. The molecule has 1 aromatic heterocycles. The Kier molecular flexibility index (Phi) is 3.43. The number of halogens is 4. The van der Waals surface area contributed by atoms with Crippen LogP contribution >= 0.6 is 27.7 Å². The van der Waals surface area contributed by atoms with E-state index in [-0.39, 0.29) is 16.7 Å². The Hall–Kier alpha value is -1.02. The van der Waals surface area contributed by atoms with E-state index in [0.717, 1.165) is 0 Å². The van der Waals surface area contributed by atoms with E-state index in [2.05, 4.69) is 26.0 Å². The Morgan fingerprint density at radius 1 is 1.18 bits per heavy atom. The molecule has 0 spiro atoms. The largest absolute Gasteiger partial charge is 0.446 e. The van der Waals surface area contributed by atoms with Crippen molar-refractivity contribution in [3.63, 3.8) is 0 Å². The summed E-state index contributed by atoms with van der Waals surface area (Å²) in [4.78, 5) is 4.00.